The molecule has 0 amide bonds. The minimum atomic E-state index is 0.610. The maximum atomic E-state index is 4.42. The highest BCUT2D eigenvalue weighted by atomic mass is 32.2. The van der Waals surface area contributed by atoms with Gasteiger partial charge < -0.3 is 5.32 Å². The van der Waals surface area contributed by atoms with Gasteiger partial charge in [0, 0.05) is 22.9 Å². The molecule has 86 valence electrons. The van der Waals surface area contributed by atoms with Crippen molar-refractivity contribution in [2.45, 2.75) is 44.0 Å². The summed E-state index contributed by atoms with van der Waals surface area (Å²) in [7, 11) is 0. The molecule has 0 saturated carbocycles. The van der Waals surface area contributed by atoms with E-state index in [1.165, 1.54) is 22.9 Å². The van der Waals surface area contributed by atoms with Crippen molar-refractivity contribution < 1.29 is 0 Å². The van der Waals surface area contributed by atoms with Gasteiger partial charge in [-0.1, -0.05) is 25.6 Å². The lowest BCUT2D eigenvalue weighted by Crippen LogP contribution is -2.23. The van der Waals surface area contributed by atoms with Gasteiger partial charge in [0.05, 0.1) is 0 Å². The number of unbranched alkanes of at least 4 members (excludes halogenated alkanes) is 1. The number of nitrogens with one attached hydrogen (secondary N) is 1. The number of nitrogens with zero attached hydrogens (tertiary/aromatic N) is 1. The fourth-order valence-corrected chi connectivity index (χ4v) is 3.09. The van der Waals surface area contributed by atoms with Crippen LogP contribution in [-0.2, 0) is 0 Å². The Bertz CT molecular complexity index is 271. The number of thiazole rings is 1. The van der Waals surface area contributed by atoms with Gasteiger partial charge in [-0.25, -0.2) is 4.98 Å². The summed E-state index contributed by atoms with van der Waals surface area (Å²) >= 11 is 3.63. The zero-order valence-corrected chi connectivity index (χ0v) is 11.4. The minimum absolute atomic E-state index is 0.610. The predicted octanol–water partition coefficient (Wildman–Crippen LogP) is 3.32. The highest BCUT2D eigenvalue weighted by molar-refractivity contribution is 8.00. The Morgan fingerprint density at radius 3 is 2.87 bits per heavy atom. The molecule has 1 N–H and O–H groups in total. The zero-order chi connectivity index (χ0) is 11.1. The summed E-state index contributed by atoms with van der Waals surface area (Å²) in [5.41, 5.74) is 1.14. The second kappa shape index (κ2) is 7.25. The number of hydrogen-bond donors (Lipinski definition) is 1. The van der Waals surface area contributed by atoms with Crippen LogP contribution in [0, 0.1) is 6.92 Å². The second-order valence-corrected chi connectivity index (χ2v) is 6.12. The molecule has 4 heteroatoms. The molecular weight excluding hydrogens is 224 g/mol. The lowest BCUT2D eigenvalue weighted by Gasteiger charge is -2.06. The Hall–Kier alpha value is -0.0600. The molecular formula is C11H20N2S2. The van der Waals surface area contributed by atoms with Gasteiger partial charge in [-0.05, 0) is 26.3 Å². The topological polar surface area (TPSA) is 24.9 Å². The Labute approximate surface area is 101 Å². The molecule has 1 heterocycles. The third-order valence-corrected chi connectivity index (χ3v) is 4.17. The summed E-state index contributed by atoms with van der Waals surface area (Å²) in [6.45, 7) is 7.56. The number of aryl methyl sites for hydroxylation is 1. The Morgan fingerprint density at radius 1 is 1.47 bits per heavy atom. The number of rotatable bonds is 7. The van der Waals surface area contributed by atoms with Crippen LogP contribution in [0.15, 0.2) is 9.72 Å². The first kappa shape index (κ1) is 13.0. The minimum Gasteiger partial charge on any atom is -0.315 e. The van der Waals surface area contributed by atoms with E-state index in [0.29, 0.717) is 6.04 Å². The van der Waals surface area contributed by atoms with E-state index in [2.05, 4.69) is 29.5 Å². The van der Waals surface area contributed by atoms with Crippen LogP contribution in [0.1, 0.15) is 32.4 Å². The Kier molecular flexibility index (Phi) is 6.29. The SMILES string of the molecule is Cc1csc(SCCCCNC(C)C)n1. The first-order valence-corrected chi connectivity index (χ1v) is 7.33. The lowest BCUT2D eigenvalue weighted by molar-refractivity contribution is 0.567. The number of hydrogen-bond acceptors (Lipinski definition) is 4. The molecule has 0 spiro atoms. The molecule has 0 unspecified atom stereocenters. The molecule has 1 rings (SSSR count). The molecule has 2 nitrogen and oxygen atoms in total. The molecule has 0 fully saturated rings. The normalized spacial score (nSPS) is 11.2. The summed E-state index contributed by atoms with van der Waals surface area (Å²) in [5.74, 6) is 1.19. The van der Waals surface area contributed by atoms with Crippen LogP contribution < -0.4 is 5.32 Å². The van der Waals surface area contributed by atoms with Crippen LogP contribution in [0.5, 0.6) is 0 Å². The van der Waals surface area contributed by atoms with Gasteiger partial charge in [-0.2, -0.15) is 0 Å². The van der Waals surface area contributed by atoms with Crippen molar-refractivity contribution in [1.29, 1.82) is 0 Å². The van der Waals surface area contributed by atoms with E-state index in [4.69, 9.17) is 0 Å². The average molecular weight is 244 g/mol. The highest BCUT2D eigenvalue weighted by Crippen LogP contribution is 2.22. The third kappa shape index (κ3) is 6.17. The largest absolute Gasteiger partial charge is 0.315 e. The molecule has 0 aromatic carbocycles. The van der Waals surface area contributed by atoms with E-state index in [1.54, 1.807) is 11.3 Å². The fourth-order valence-electron chi connectivity index (χ4n) is 1.18. The van der Waals surface area contributed by atoms with Crippen LogP contribution in [0.4, 0.5) is 0 Å². The quantitative estimate of drug-likeness (QED) is 0.588. The number of aromatic nitrogens is 1. The Morgan fingerprint density at radius 2 is 2.27 bits per heavy atom. The molecule has 0 aliphatic rings. The van der Waals surface area contributed by atoms with Crippen molar-refractivity contribution >= 4 is 23.1 Å². The van der Waals surface area contributed by atoms with Crippen LogP contribution in [0.25, 0.3) is 0 Å². The van der Waals surface area contributed by atoms with E-state index >= 15 is 0 Å². The van der Waals surface area contributed by atoms with Crippen molar-refractivity contribution in [3.05, 3.63) is 11.1 Å². The molecule has 0 atom stereocenters. The molecule has 0 saturated heterocycles. The molecule has 15 heavy (non-hydrogen) atoms. The Balaban J connectivity index is 1.98. The van der Waals surface area contributed by atoms with Crippen molar-refractivity contribution in [3.8, 4) is 0 Å². The zero-order valence-electron chi connectivity index (χ0n) is 9.75. The maximum absolute atomic E-state index is 4.42. The van der Waals surface area contributed by atoms with Crippen LogP contribution >= 0.6 is 23.1 Å². The van der Waals surface area contributed by atoms with Crippen molar-refractivity contribution in [1.82, 2.24) is 10.3 Å². The van der Waals surface area contributed by atoms with Gasteiger partial charge in [-0.3, -0.25) is 0 Å². The smallest absolute Gasteiger partial charge is 0.150 e. The van der Waals surface area contributed by atoms with Gasteiger partial charge in [0.15, 0.2) is 0 Å². The van der Waals surface area contributed by atoms with Crippen molar-refractivity contribution in [3.63, 3.8) is 0 Å². The first-order valence-electron chi connectivity index (χ1n) is 5.47. The van der Waals surface area contributed by atoms with Crippen LogP contribution in [0.3, 0.4) is 0 Å². The van der Waals surface area contributed by atoms with Gasteiger partial charge in [-0.15, -0.1) is 11.3 Å². The van der Waals surface area contributed by atoms with Gasteiger partial charge in [0.2, 0.25) is 0 Å². The number of thioether (sulfide) groups is 1. The van der Waals surface area contributed by atoms with E-state index in [9.17, 15) is 0 Å². The summed E-state index contributed by atoms with van der Waals surface area (Å²) in [4.78, 5) is 4.42. The second-order valence-electron chi connectivity index (χ2n) is 3.92. The van der Waals surface area contributed by atoms with Gasteiger partial charge in [0.1, 0.15) is 4.34 Å². The average Bonchev–Trinajstić information content (AvgIpc) is 2.57. The predicted molar refractivity (Wildman–Crippen MR) is 69.9 cm³/mol. The fraction of sp³-hybridized carbons (Fsp3) is 0.727. The lowest BCUT2D eigenvalue weighted by atomic mass is 10.3. The molecule has 1 aromatic rings. The van der Waals surface area contributed by atoms with Gasteiger partial charge >= 0.3 is 0 Å². The third-order valence-electron chi connectivity index (χ3n) is 1.95. The van der Waals surface area contributed by atoms with Crippen molar-refractivity contribution in [2.24, 2.45) is 0 Å². The first-order chi connectivity index (χ1) is 7.18. The summed E-state index contributed by atoms with van der Waals surface area (Å²) < 4.78 is 1.21. The monoisotopic (exact) mass is 244 g/mol. The standard InChI is InChI=1S/C11H20N2S2/c1-9(2)12-6-4-5-7-14-11-13-10(3)8-15-11/h8-9,12H,4-7H2,1-3H3. The van der Waals surface area contributed by atoms with Gasteiger partial charge in [0.25, 0.3) is 0 Å². The van der Waals surface area contributed by atoms with E-state index in [0.717, 1.165) is 12.2 Å². The summed E-state index contributed by atoms with van der Waals surface area (Å²) in [6.07, 6.45) is 2.53. The summed E-state index contributed by atoms with van der Waals surface area (Å²) in [6, 6.07) is 0.610. The van der Waals surface area contributed by atoms with Crippen LogP contribution in [0.2, 0.25) is 0 Å². The van der Waals surface area contributed by atoms with Crippen LogP contribution in [-0.4, -0.2) is 23.3 Å². The molecule has 0 aliphatic heterocycles. The van der Waals surface area contributed by atoms with Crippen molar-refractivity contribution in [2.75, 3.05) is 12.3 Å². The van der Waals surface area contributed by atoms with E-state index in [1.807, 2.05) is 18.7 Å². The molecule has 0 radical (unpaired) electrons. The molecule has 0 aliphatic carbocycles. The molecule has 0 bridgehead atoms. The maximum Gasteiger partial charge on any atom is 0.150 e. The highest BCUT2D eigenvalue weighted by Gasteiger charge is 1.99. The van der Waals surface area contributed by atoms with E-state index < -0.39 is 0 Å². The summed E-state index contributed by atoms with van der Waals surface area (Å²) in [5, 5.41) is 5.54. The van der Waals surface area contributed by atoms with E-state index in [-0.39, 0.29) is 0 Å². The molecule has 1 aromatic heterocycles.